The lowest BCUT2D eigenvalue weighted by Crippen LogP contribution is -2.47. The molecule has 0 radical (unpaired) electrons. The number of nitrogen functional groups attached to an aromatic ring is 1. The fraction of sp³-hybridized carbons (Fsp3) is 0.0667. The first-order chi connectivity index (χ1) is 9.58. The minimum absolute atomic E-state index is 0.296. The van der Waals surface area contributed by atoms with E-state index in [9.17, 15) is 4.79 Å². The minimum atomic E-state index is -1.22. The van der Waals surface area contributed by atoms with Gasteiger partial charge in [-0.15, -0.1) is 0 Å². The van der Waals surface area contributed by atoms with Gasteiger partial charge >= 0.3 is 0 Å². The van der Waals surface area contributed by atoms with E-state index in [-0.39, 0.29) is 5.91 Å². The van der Waals surface area contributed by atoms with Gasteiger partial charge in [0, 0.05) is 11.3 Å². The van der Waals surface area contributed by atoms with E-state index < -0.39 is 5.79 Å². The summed E-state index contributed by atoms with van der Waals surface area (Å²) in [7, 11) is 0. The number of hydrogen-bond acceptors (Lipinski definition) is 4. The first-order valence-corrected chi connectivity index (χ1v) is 6.20. The molecule has 2 aromatic rings. The predicted octanol–water partition coefficient (Wildman–Crippen LogP) is 1.21. The summed E-state index contributed by atoms with van der Waals surface area (Å²) in [6, 6.07) is 15.1. The SMILES string of the molecule is Nc1cccc(-c2ccccc2C2(N)N=CC(=O)N2)c1. The fourth-order valence-electron chi connectivity index (χ4n) is 2.32. The van der Waals surface area contributed by atoms with E-state index in [1.807, 2.05) is 48.5 Å². The fourth-order valence-corrected chi connectivity index (χ4v) is 2.32. The molecule has 100 valence electrons. The van der Waals surface area contributed by atoms with Crippen molar-refractivity contribution in [2.45, 2.75) is 5.79 Å². The number of carbonyl (C=O) groups excluding carboxylic acids is 1. The zero-order valence-electron chi connectivity index (χ0n) is 10.7. The van der Waals surface area contributed by atoms with Crippen LogP contribution in [-0.2, 0) is 10.6 Å². The monoisotopic (exact) mass is 266 g/mol. The average molecular weight is 266 g/mol. The van der Waals surface area contributed by atoms with Gasteiger partial charge in [0.05, 0.1) is 6.21 Å². The van der Waals surface area contributed by atoms with E-state index in [1.54, 1.807) is 0 Å². The highest BCUT2D eigenvalue weighted by atomic mass is 16.2. The molecule has 1 amide bonds. The van der Waals surface area contributed by atoms with Gasteiger partial charge in [-0.2, -0.15) is 0 Å². The van der Waals surface area contributed by atoms with E-state index in [2.05, 4.69) is 10.3 Å². The Bertz CT molecular complexity index is 711. The van der Waals surface area contributed by atoms with E-state index in [1.165, 1.54) is 6.21 Å². The maximum Gasteiger partial charge on any atom is 0.265 e. The van der Waals surface area contributed by atoms with E-state index in [4.69, 9.17) is 11.5 Å². The quantitative estimate of drug-likeness (QED) is 0.713. The van der Waals surface area contributed by atoms with Crippen LogP contribution < -0.4 is 16.8 Å². The summed E-state index contributed by atoms with van der Waals surface area (Å²) >= 11 is 0. The van der Waals surface area contributed by atoms with Crippen molar-refractivity contribution >= 4 is 17.8 Å². The molecule has 5 N–H and O–H groups in total. The highest BCUT2D eigenvalue weighted by Gasteiger charge is 2.34. The first kappa shape index (κ1) is 12.4. The number of anilines is 1. The molecule has 0 aromatic heterocycles. The second kappa shape index (κ2) is 4.47. The van der Waals surface area contributed by atoms with Gasteiger partial charge in [-0.3, -0.25) is 10.5 Å². The largest absolute Gasteiger partial charge is 0.399 e. The zero-order chi connectivity index (χ0) is 14.2. The molecule has 0 spiro atoms. The Morgan fingerprint density at radius 1 is 1.10 bits per heavy atom. The third-order valence-corrected chi connectivity index (χ3v) is 3.23. The van der Waals surface area contributed by atoms with Crippen LogP contribution >= 0.6 is 0 Å². The summed E-state index contributed by atoms with van der Waals surface area (Å²) in [5.41, 5.74) is 15.2. The molecule has 0 saturated carbocycles. The normalized spacial score (nSPS) is 20.9. The van der Waals surface area contributed by atoms with Gasteiger partial charge in [0.2, 0.25) is 5.79 Å². The van der Waals surface area contributed by atoms with Crippen molar-refractivity contribution in [3.8, 4) is 11.1 Å². The van der Waals surface area contributed by atoms with E-state index >= 15 is 0 Å². The molecule has 1 heterocycles. The molecule has 5 nitrogen and oxygen atoms in total. The highest BCUT2D eigenvalue weighted by molar-refractivity contribution is 6.28. The van der Waals surface area contributed by atoms with Crippen LogP contribution in [0.5, 0.6) is 0 Å². The molecule has 1 aliphatic heterocycles. The Morgan fingerprint density at radius 2 is 1.90 bits per heavy atom. The summed E-state index contributed by atoms with van der Waals surface area (Å²) < 4.78 is 0. The number of nitrogens with one attached hydrogen (secondary N) is 1. The molecule has 2 aromatic carbocycles. The molecule has 20 heavy (non-hydrogen) atoms. The molecule has 3 rings (SSSR count). The molecular formula is C15H14N4O. The number of aliphatic imine (C=N–C) groups is 1. The Hall–Kier alpha value is -2.66. The molecule has 0 aliphatic carbocycles. The van der Waals surface area contributed by atoms with Crippen molar-refractivity contribution in [3.05, 3.63) is 54.1 Å². The second-order valence-electron chi connectivity index (χ2n) is 4.68. The van der Waals surface area contributed by atoms with Crippen molar-refractivity contribution < 1.29 is 4.79 Å². The van der Waals surface area contributed by atoms with Crippen molar-refractivity contribution in [1.82, 2.24) is 5.32 Å². The number of benzene rings is 2. The molecule has 1 unspecified atom stereocenters. The van der Waals surface area contributed by atoms with Crippen molar-refractivity contribution in [1.29, 1.82) is 0 Å². The zero-order valence-corrected chi connectivity index (χ0v) is 10.7. The van der Waals surface area contributed by atoms with Gasteiger partial charge in [-0.25, -0.2) is 4.99 Å². The number of carbonyl (C=O) groups is 1. The third-order valence-electron chi connectivity index (χ3n) is 3.23. The van der Waals surface area contributed by atoms with Gasteiger partial charge in [-0.05, 0) is 23.3 Å². The van der Waals surface area contributed by atoms with Crippen molar-refractivity contribution in [2.24, 2.45) is 10.7 Å². The molecule has 5 heteroatoms. The number of hydrogen-bond donors (Lipinski definition) is 3. The highest BCUT2D eigenvalue weighted by Crippen LogP contribution is 2.31. The van der Waals surface area contributed by atoms with Crippen LogP contribution in [0.25, 0.3) is 11.1 Å². The number of amides is 1. The van der Waals surface area contributed by atoms with Crippen LogP contribution in [0.3, 0.4) is 0 Å². The van der Waals surface area contributed by atoms with Gasteiger partial charge < -0.3 is 11.1 Å². The summed E-state index contributed by atoms with van der Waals surface area (Å²) in [6.45, 7) is 0. The van der Waals surface area contributed by atoms with Crippen LogP contribution in [0.15, 0.2) is 53.5 Å². The first-order valence-electron chi connectivity index (χ1n) is 6.20. The van der Waals surface area contributed by atoms with Crippen LogP contribution in [0.2, 0.25) is 0 Å². The number of rotatable bonds is 2. The topological polar surface area (TPSA) is 93.5 Å². The molecule has 1 aliphatic rings. The van der Waals surface area contributed by atoms with Crippen molar-refractivity contribution in [3.63, 3.8) is 0 Å². The summed E-state index contributed by atoms with van der Waals surface area (Å²) in [5, 5.41) is 2.66. The van der Waals surface area contributed by atoms with E-state index in [0.29, 0.717) is 5.69 Å². The lowest BCUT2D eigenvalue weighted by Gasteiger charge is -2.24. The number of nitrogens with two attached hydrogens (primary N) is 2. The maximum atomic E-state index is 11.4. The molecule has 0 bridgehead atoms. The lowest BCUT2D eigenvalue weighted by atomic mass is 9.95. The smallest absolute Gasteiger partial charge is 0.265 e. The molecule has 0 saturated heterocycles. The van der Waals surface area contributed by atoms with Gasteiger partial charge in [0.25, 0.3) is 5.91 Å². The summed E-state index contributed by atoms with van der Waals surface area (Å²) in [6.07, 6.45) is 1.20. The molecular weight excluding hydrogens is 252 g/mol. The van der Waals surface area contributed by atoms with Crippen LogP contribution in [0, 0.1) is 0 Å². The average Bonchev–Trinajstić information content (AvgIpc) is 2.80. The lowest BCUT2D eigenvalue weighted by molar-refractivity contribution is -0.115. The third kappa shape index (κ3) is 2.04. The molecule has 1 atom stereocenters. The second-order valence-corrected chi connectivity index (χ2v) is 4.68. The van der Waals surface area contributed by atoms with Gasteiger partial charge in [0.15, 0.2) is 0 Å². The summed E-state index contributed by atoms with van der Waals surface area (Å²) in [5.74, 6) is -1.52. The van der Waals surface area contributed by atoms with Gasteiger partial charge in [0.1, 0.15) is 0 Å². The minimum Gasteiger partial charge on any atom is -0.399 e. The van der Waals surface area contributed by atoms with Gasteiger partial charge in [-0.1, -0.05) is 36.4 Å². The Morgan fingerprint density at radius 3 is 2.60 bits per heavy atom. The predicted molar refractivity (Wildman–Crippen MR) is 78.8 cm³/mol. The van der Waals surface area contributed by atoms with E-state index in [0.717, 1.165) is 16.7 Å². The number of nitrogens with zero attached hydrogens (tertiary/aromatic N) is 1. The van der Waals surface area contributed by atoms with Crippen molar-refractivity contribution in [2.75, 3.05) is 5.73 Å². The Labute approximate surface area is 116 Å². The Balaban J connectivity index is 2.14. The summed E-state index contributed by atoms with van der Waals surface area (Å²) in [4.78, 5) is 15.5. The maximum absolute atomic E-state index is 11.4. The van der Waals surface area contributed by atoms with Crippen LogP contribution in [0.1, 0.15) is 5.56 Å². The van der Waals surface area contributed by atoms with Crippen LogP contribution in [0.4, 0.5) is 5.69 Å². The standard InChI is InChI=1S/C15H14N4O/c16-11-5-3-4-10(8-11)12-6-1-2-7-13(12)15(17)18-9-14(20)19-15/h1-9H,16-17H2,(H,19,20). The van der Waals surface area contributed by atoms with Crippen LogP contribution in [-0.4, -0.2) is 12.1 Å². The Kier molecular flexibility index (Phi) is 2.76. The molecule has 0 fully saturated rings.